The predicted octanol–water partition coefficient (Wildman–Crippen LogP) is 4.28. The van der Waals surface area contributed by atoms with E-state index >= 15 is 0 Å². The second kappa shape index (κ2) is 5.52. The van der Waals surface area contributed by atoms with Gasteiger partial charge in [0, 0.05) is 10.9 Å². The number of nitrogens with one attached hydrogen (secondary N) is 1. The Balaban J connectivity index is 1.94. The molecule has 2 rings (SSSR count). The van der Waals surface area contributed by atoms with Gasteiger partial charge in [0.2, 0.25) is 0 Å². The monoisotopic (exact) mass is 257 g/mol. The largest absolute Gasteiger partial charge is 0.314 e. The van der Waals surface area contributed by atoms with E-state index < -0.39 is 0 Å². The average molecular weight is 258 g/mol. The second-order valence-corrected chi connectivity index (χ2v) is 6.36. The van der Waals surface area contributed by atoms with E-state index in [1.165, 1.54) is 24.1 Å². The third kappa shape index (κ3) is 2.44. The van der Waals surface area contributed by atoms with Crippen molar-refractivity contribution in [2.24, 2.45) is 5.92 Å². The van der Waals surface area contributed by atoms with Crippen molar-refractivity contribution in [2.75, 3.05) is 6.54 Å². The van der Waals surface area contributed by atoms with Crippen LogP contribution in [-0.4, -0.2) is 12.6 Å². The van der Waals surface area contributed by atoms with Crippen LogP contribution in [0, 0.1) is 5.92 Å². The molecular formula is C13H20ClNS. The third-order valence-electron chi connectivity index (χ3n) is 3.63. The van der Waals surface area contributed by atoms with Crippen molar-refractivity contribution in [3.8, 4) is 0 Å². The standard InChI is InChI=1S/C13H20ClNS/c1-3-7-15-11-8-10(9(11)4-2)12-5-6-13(14)16-12/h5-6,9-11,15H,3-4,7-8H2,1-2H3. The molecule has 0 bridgehead atoms. The molecule has 3 atom stereocenters. The molecule has 1 heterocycles. The van der Waals surface area contributed by atoms with Gasteiger partial charge in [0.25, 0.3) is 0 Å². The van der Waals surface area contributed by atoms with Gasteiger partial charge in [0.05, 0.1) is 4.34 Å². The van der Waals surface area contributed by atoms with E-state index in [0.29, 0.717) is 0 Å². The van der Waals surface area contributed by atoms with E-state index in [-0.39, 0.29) is 0 Å². The molecule has 0 amide bonds. The Morgan fingerprint density at radius 3 is 2.81 bits per heavy atom. The van der Waals surface area contributed by atoms with Crippen molar-refractivity contribution >= 4 is 22.9 Å². The lowest BCUT2D eigenvalue weighted by atomic mass is 9.67. The minimum atomic E-state index is 0.732. The maximum atomic E-state index is 6.00. The molecule has 0 saturated heterocycles. The average Bonchev–Trinajstić information content (AvgIpc) is 2.64. The summed E-state index contributed by atoms with van der Waals surface area (Å²) in [4.78, 5) is 1.48. The van der Waals surface area contributed by atoms with Crippen LogP contribution in [0.3, 0.4) is 0 Å². The molecule has 3 heteroatoms. The minimum absolute atomic E-state index is 0.732. The fraction of sp³-hybridized carbons (Fsp3) is 0.692. The van der Waals surface area contributed by atoms with E-state index in [1.807, 2.05) is 6.07 Å². The van der Waals surface area contributed by atoms with Gasteiger partial charge in [-0.2, -0.15) is 0 Å². The maximum Gasteiger partial charge on any atom is 0.0931 e. The second-order valence-electron chi connectivity index (χ2n) is 4.62. The topological polar surface area (TPSA) is 12.0 Å². The minimum Gasteiger partial charge on any atom is -0.314 e. The van der Waals surface area contributed by atoms with Crippen LogP contribution in [0.15, 0.2) is 12.1 Å². The zero-order chi connectivity index (χ0) is 11.5. The van der Waals surface area contributed by atoms with Crippen molar-refractivity contribution in [1.82, 2.24) is 5.32 Å². The number of hydrogen-bond acceptors (Lipinski definition) is 2. The summed E-state index contributed by atoms with van der Waals surface area (Å²) in [5.74, 6) is 1.55. The van der Waals surface area contributed by atoms with Crippen molar-refractivity contribution < 1.29 is 0 Å². The van der Waals surface area contributed by atoms with Gasteiger partial charge in [-0.1, -0.05) is 31.9 Å². The van der Waals surface area contributed by atoms with Crippen molar-refractivity contribution in [2.45, 2.75) is 45.1 Å². The summed E-state index contributed by atoms with van der Waals surface area (Å²) in [6.07, 6.45) is 3.78. The Hall–Kier alpha value is -0.0500. The first kappa shape index (κ1) is 12.4. The summed E-state index contributed by atoms with van der Waals surface area (Å²) in [6, 6.07) is 4.97. The fourth-order valence-electron chi connectivity index (χ4n) is 2.70. The van der Waals surface area contributed by atoms with Gasteiger partial charge in [-0.3, -0.25) is 0 Å². The zero-order valence-corrected chi connectivity index (χ0v) is 11.6. The molecule has 1 aromatic rings. The van der Waals surface area contributed by atoms with Gasteiger partial charge in [0.15, 0.2) is 0 Å². The molecule has 1 nitrogen and oxygen atoms in total. The summed E-state index contributed by atoms with van der Waals surface area (Å²) in [5, 5.41) is 3.65. The van der Waals surface area contributed by atoms with Crippen LogP contribution >= 0.6 is 22.9 Å². The highest BCUT2D eigenvalue weighted by atomic mass is 35.5. The Kier molecular flexibility index (Phi) is 4.28. The molecule has 1 N–H and O–H groups in total. The molecule has 1 aromatic heterocycles. The van der Waals surface area contributed by atoms with E-state index in [4.69, 9.17) is 11.6 Å². The Morgan fingerprint density at radius 1 is 1.44 bits per heavy atom. The van der Waals surface area contributed by atoms with Crippen LogP contribution in [0.5, 0.6) is 0 Å². The molecule has 0 aliphatic heterocycles. The highest BCUT2D eigenvalue weighted by Gasteiger charge is 2.40. The van der Waals surface area contributed by atoms with Gasteiger partial charge in [-0.05, 0) is 43.4 Å². The first-order chi connectivity index (χ1) is 7.76. The van der Waals surface area contributed by atoms with Crippen LogP contribution in [0.4, 0.5) is 0 Å². The quantitative estimate of drug-likeness (QED) is 0.830. The molecule has 16 heavy (non-hydrogen) atoms. The van der Waals surface area contributed by atoms with Gasteiger partial charge >= 0.3 is 0 Å². The first-order valence-corrected chi connectivity index (χ1v) is 7.44. The molecule has 1 aliphatic rings. The molecule has 1 saturated carbocycles. The van der Waals surface area contributed by atoms with Crippen LogP contribution in [0.1, 0.15) is 43.9 Å². The van der Waals surface area contributed by atoms with Crippen molar-refractivity contribution in [3.05, 3.63) is 21.3 Å². The zero-order valence-electron chi connectivity index (χ0n) is 10.0. The van der Waals surface area contributed by atoms with Crippen LogP contribution in [-0.2, 0) is 0 Å². The molecule has 3 unspecified atom stereocenters. The van der Waals surface area contributed by atoms with Crippen LogP contribution < -0.4 is 5.32 Å². The Morgan fingerprint density at radius 2 is 2.25 bits per heavy atom. The number of hydrogen-bond donors (Lipinski definition) is 1. The number of halogens is 1. The number of thiophene rings is 1. The fourth-order valence-corrected chi connectivity index (χ4v) is 3.95. The summed E-state index contributed by atoms with van der Waals surface area (Å²) in [7, 11) is 0. The first-order valence-electron chi connectivity index (χ1n) is 6.24. The predicted molar refractivity (Wildman–Crippen MR) is 72.5 cm³/mol. The summed E-state index contributed by atoms with van der Waals surface area (Å²) < 4.78 is 0.926. The van der Waals surface area contributed by atoms with Crippen molar-refractivity contribution in [1.29, 1.82) is 0 Å². The van der Waals surface area contributed by atoms with Gasteiger partial charge in [0.1, 0.15) is 0 Å². The van der Waals surface area contributed by atoms with E-state index in [1.54, 1.807) is 11.3 Å². The lowest BCUT2D eigenvalue weighted by Crippen LogP contribution is -2.48. The van der Waals surface area contributed by atoms with Crippen LogP contribution in [0.25, 0.3) is 0 Å². The molecule has 1 aliphatic carbocycles. The molecule has 0 aromatic carbocycles. The highest BCUT2D eigenvalue weighted by Crippen LogP contribution is 2.47. The van der Waals surface area contributed by atoms with Crippen molar-refractivity contribution in [3.63, 3.8) is 0 Å². The smallest absolute Gasteiger partial charge is 0.0931 e. The normalized spacial score (nSPS) is 29.1. The van der Waals surface area contributed by atoms with Gasteiger partial charge in [-0.15, -0.1) is 11.3 Å². The molecule has 1 fully saturated rings. The number of rotatable bonds is 5. The lowest BCUT2D eigenvalue weighted by molar-refractivity contribution is 0.163. The lowest BCUT2D eigenvalue weighted by Gasteiger charge is -2.44. The summed E-state index contributed by atoms with van der Waals surface area (Å²) in [6.45, 7) is 5.68. The van der Waals surface area contributed by atoms with Gasteiger partial charge in [-0.25, -0.2) is 0 Å². The van der Waals surface area contributed by atoms with Crippen LogP contribution in [0.2, 0.25) is 4.34 Å². The Labute approximate surface area is 107 Å². The maximum absolute atomic E-state index is 6.00. The van der Waals surface area contributed by atoms with E-state index in [9.17, 15) is 0 Å². The SMILES string of the molecule is CCCNC1CC(c2ccc(Cl)s2)C1CC. The molecule has 0 radical (unpaired) electrons. The summed E-state index contributed by atoms with van der Waals surface area (Å²) >= 11 is 7.75. The molecule has 90 valence electrons. The highest BCUT2D eigenvalue weighted by molar-refractivity contribution is 7.16. The molecule has 0 spiro atoms. The van der Waals surface area contributed by atoms with E-state index in [0.717, 1.165) is 28.8 Å². The third-order valence-corrected chi connectivity index (χ3v) is 4.99. The molecular weight excluding hydrogens is 238 g/mol. The summed E-state index contributed by atoms with van der Waals surface area (Å²) in [5.41, 5.74) is 0. The van der Waals surface area contributed by atoms with E-state index in [2.05, 4.69) is 25.2 Å². The Bertz CT molecular complexity index is 336. The van der Waals surface area contributed by atoms with Gasteiger partial charge < -0.3 is 5.32 Å².